The van der Waals surface area contributed by atoms with E-state index in [1.165, 1.54) is 12.8 Å². The van der Waals surface area contributed by atoms with Crippen molar-refractivity contribution in [3.05, 3.63) is 30.3 Å². The summed E-state index contributed by atoms with van der Waals surface area (Å²) in [6, 6.07) is 9.99. The predicted molar refractivity (Wildman–Crippen MR) is 51.7 cm³/mol. The standard InChI is InChI=1S/C9H10O.BH3O2/c1-2-4-8(5-3-1)10-9-6-7-9;2-1-3/h1-5,9H,6-7H2;1-3H. The third-order valence-corrected chi connectivity index (χ3v) is 1.57. The van der Waals surface area contributed by atoms with Crippen molar-refractivity contribution in [3.63, 3.8) is 0 Å². The molecule has 0 atom stereocenters. The zero-order valence-corrected chi connectivity index (χ0v) is 7.39. The lowest BCUT2D eigenvalue weighted by Gasteiger charge is -2.01. The van der Waals surface area contributed by atoms with Gasteiger partial charge in [-0.2, -0.15) is 0 Å². The van der Waals surface area contributed by atoms with E-state index in [0.29, 0.717) is 6.10 Å². The molecule has 1 fully saturated rings. The van der Waals surface area contributed by atoms with E-state index >= 15 is 0 Å². The highest BCUT2D eigenvalue weighted by atomic mass is 16.5. The molecule has 0 radical (unpaired) electrons. The fourth-order valence-electron chi connectivity index (χ4n) is 0.877. The first-order valence-electron chi connectivity index (χ1n) is 4.30. The average molecular weight is 180 g/mol. The van der Waals surface area contributed by atoms with Gasteiger partial charge in [0.15, 0.2) is 0 Å². The van der Waals surface area contributed by atoms with Crippen LogP contribution >= 0.6 is 0 Å². The van der Waals surface area contributed by atoms with Crippen LogP contribution in [-0.4, -0.2) is 23.8 Å². The molecular weight excluding hydrogens is 167 g/mol. The lowest BCUT2D eigenvalue weighted by atomic mass is 10.3. The van der Waals surface area contributed by atoms with Gasteiger partial charge in [-0.3, -0.25) is 0 Å². The van der Waals surface area contributed by atoms with Crippen molar-refractivity contribution in [1.82, 2.24) is 0 Å². The summed E-state index contributed by atoms with van der Waals surface area (Å²) in [7, 11) is -0.750. The minimum absolute atomic E-state index is 0.516. The van der Waals surface area contributed by atoms with E-state index < -0.39 is 7.69 Å². The number of hydrogen-bond acceptors (Lipinski definition) is 3. The van der Waals surface area contributed by atoms with Crippen molar-refractivity contribution in [2.24, 2.45) is 0 Å². The second-order valence-electron chi connectivity index (χ2n) is 2.77. The van der Waals surface area contributed by atoms with Gasteiger partial charge in [0, 0.05) is 0 Å². The van der Waals surface area contributed by atoms with Crippen LogP contribution in [0.1, 0.15) is 12.8 Å². The van der Waals surface area contributed by atoms with Gasteiger partial charge < -0.3 is 14.8 Å². The van der Waals surface area contributed by atoms with E-state index in [-0.39, 0.29) is 0 Å². The molecule has 2 N–H and O–H groups in total. The summed E-state index contributed by atoms with van der Waals surface area (Å²) >= 11 is 0. The molecule has 1 aliphatic rings. The molecule has 4 heteroatoms. The SMILES string of the molecule is OBO.c1ccc(OC2CC2)cc1. The van der Waals surface area contributed by atoms with E-state index in [1.54, 1.807) is 0 Å². The van der Waals surface area contributed by atoms with Gasteiger partial charge in [0.1, 0.15) is 5.75 Å². The Bertz CT molecular complexity index is 224. The molecule has 1 saturated carbocycles. The largest absolute Gasteiger partial charge is 0.490 e. The Labute approximate surface area is 78.3 Å². The van der Waals surface area contributed by atoms with Gasteiger partial charge in [-0.15, -0.1) is 0 Å². The summed E-state index contributed by atoms with van der Waals surface area (Å²) in [4.78, 5) is 0. The lowest BCUT2D eigenvalue weighted by molar-refractivity contribution is 0.303. The van der Waals surface area contributed by atoms with E-state index in [0.717, 1.165) is 5.75 Å². The van der Waals surface area contributed by atoms with Crippen molar-refractivity contribution in [2.75, 3.05) is 0 Å². The Hall–Kier alpha value is -0.995. The Morgan fingerprint density at radius 1 is 1.15 bits per heavy atom. The monoisotopic (exact) mass is 180 g/mol. The zero-order chi connectivity index (χ0) is 9.52. The van der Waals surface area contributed by atoms with Crippen LogP contribution in [0.5, 0.6) is 5.75 Å². The topological polar surface area (TPSA) is 49.7 Å². The van der Waals surface area contributed by atoms with Gasteiger partial charge in [0.05, 0.1) is 6.10 Å². The molecule has 0 aliphatic heterocycles. The maximum Gasteiger partial charge on any atom is 0.432 e. The molecule has 0 spiro atoms. The summed E-state index contributed by atoms with van der Waals surface area (Å²) < 4.78 is 5.53. The number of rotatable bonds is 2. The molecule has 0 bridgehead atoms. The fraction of sp³-hybridized carbons (Fsp3) is 0.333. The molecule has 0 amide bonds. The fourth-order valence-corrected chi connectivity index (χ4v) is 0.877. The third kappa shape index (κ3) is 4.55. The normalized spacial score (nSPS) is 14.0. The van der Waals surface area contributed by atoms with E-state index in [1.807, 2.05) is 30.3 Å². The van der Waals surface area contributed by atoms with Crippen molar-refractivity contribution in [2.45, 2.75) is 18.9 Å². The molecule has 3 nitrogen and oxygen atoms in total. The molecule has 0 heterocycles. The minimum Gasteiger partial charge on any atom is -0.490 e. The van der Waals surface area contributed by atoms with Gasteiger partial charge >= 0.3 is 7.69 Å². The van der Waals surface area contributed by atoms with E-state index in [2.05, 4.69) is 0 Å². The Morgan fingerprint density at radius 3 is 2.15 bits per heavy atom. The first-order chi connectivity index (χ1) is 6.36. The summed E-state index contributed by atoms with van der Waals surface area (Å²) in [5, 5.41) is 14.2. The summed E-state index contributed by atoms with van der Waals surface area (Å²) in [6.07, 6.45) is 2.98. The lowest BCUT2D eigenvalue weighted by Crippen LogP contribution is -1.94. The van der Waals surface area contributed by atoms with Gasteiger partial charge in [-0.05, 0) is 25.0 Å². The number of ether oxygens (including phenoxy) is 1. The number of hydrogen-bond donors (Lipinski definition) is 2. The Kier molecular flexibility index (Phi) is 4.36. The average Bonchev–Trinajstić information content (AvgIpc) is 2.92. The van der Waals surface area contributed by atoms with Gasteiger partial charge in [-0.1, -0.05) is 18.2 Å². The first kappa shape index (κ1) is 10.1. The molecule has 2 rings (SSSR count). The van der Waals surface area contributed by atoms with Crippen molar-refractivity contribution < 1.29 is 14.8 Å². The van der Waals surface area contributed by atoms with Crippen molar-refractivity contribution in [1.29, 1.82) is 0 Å². The van der Waals surface area contributed by atoms with Crippen LogP contribution in [0.15, 0.2) is 30.3 Å². The second kappa shape index (κ2) is 5.62. The minimum atomic E-state index is -0.750. The highest BCUT2D eigenvalue weighted by Gasteiger charge is 2.22. The van der Waals surface area contributed by atoms with E-state index in [4.69, 9.17) is 14.8 Å². The zero-order valence-electron chi connectivity index (χ0n) is 7.39. The Morgan fingerprint density at radius 2 is 1.69 bits per heavy atom. The van der Waals surface area contributed by atoms with Gasteiger partial charge in [-0.25, -0.2) is 0 Å². The molecule has 1 aromatic carbocycles. The van der Waals surface area contributed by atoms with Gasteiger partial charge in [0.25, 0.3) is 0 Å². The number of para-hydroxylation sites is 1. The van der Waals surface area contributed by atoms with Crippen molar-refractivity contribution in [3.8, 4) is 5.75 Å². The summed E-state index contributed by atoms with van der Waals surface area (Å²) in [5.74, 6) is 1.00. The molecule has 0 saturated heterocycles. The third-order valence-electron chi connectivity index (χ3n) is 1.57. The van der Waals surface area contributed by atoms with Crippen molar-refractivity contribution >= 4 is 7.69 Å². The smallest absolute Gasteiger partial charge is 0.432 e. The maximum absolute atomic E-state index is 7.12. The van der Waals surface area contributed by atoms with Crippen LogP contribution in [0.25, 0.3) is 0 Å². The number of benzene rings is 1. The summed E-state index contributed by atoms with van der Waals surface area (Å²) in [6.45, 7) is 0. The molecule has 1 aliphatic carbocycles. The molecule has 1 aromatic rings. The van der Waals surface area contributed by atoms with Crippen LogP contribution in [0.3, 0.4) is 0 Å². The Balaban J connectivity index is 0.000000251. The quantitative estimate of drug-likeness (QED) is 0.650. The predicted octanol–water partition coefficient (Wildman–Crippen LogP) is 0.465. The second-order valence-corrected chi connectivity index (χ2v) is 2.77. The highest BCUT2D eigenvalue weighted by Crippen LogP contribution is 2.25. The molecular formula is C9H13BO3. The van der Waals surface area contributed by atoms with Crippen LogP contribution in [-0.2, 0) is 0 Å². The van der Waals surface area contributed by atoms with Crippen LogP contribution < -0.4 is 4.74 Å². The first-order valence-corrected chi connectivity index (χ1v) is 4.30. The van der Waals surface area contributed by atoms with Crippen LogP contribution in [0.2, 0.25) is 0 Å². The van der Waals surface area contributed by atoms with Gasteiger partial charge in [0.2, 0.25) is 0 Å². The summed E-state index contributed by atoms with van der Waals surface area (Å²) in [5.41, 5.74) is 0. The molecule has 0 unspecified atom stereocenters. The molecule has 70 valence electrons. The van der Waals surface area contributed by atoms with Crippen LogP contribution in [0.4, 0.5) is 0 Å². The van der Waals surface area contributed by atoms with E-state index in [9.17, 15) is 0 Å². The maximum atomic E-state index is 7.12. The highest BCUT2D eigenvalue weighted by molar-refractivity contribution is 6.13. The van der Waals surface area contributed by atoms with Crippen LogP contribution in [0, 0.1) is 0 Å². The molecule has 0 aromatic heterocycles. The molecule has 13 heavy (non-hydrogen) atoms.